The van der Waals surface area contributed by atoms with E-state index in [4.69, 9.17) is 21.1 Å². The highest BCUT2D eigenvalue weighted by Crippen LogP contribution is 2.15. The van der Waals surface area contributed by atoms with E-state index < -0.39 is 5.82 Å². The molecule has 1 saturated heterocycles. The first-order valence-corrected chi connectivity index (χ1v) is 8.14. The predicted octanol–water partition coefficient (Wildman–Crippen LogP) is 2.96. The van der Waals surface area contributed by atoms with Crippen molar-refractivity contribution in [1.82, 2.24) is 10.6 Å². The van der Waals surface area contributed by atoms with Crippen molar-refractivity contribution < 1.29 is 13.9 Å². The molecule has 0 bridgehead atoms. The van der Waals surface area contributed by atoms with Gasteiger partial charge in [-0.05, 0) is 30.5 Å². The number of nitrogens with one attached hydrogen (secondary N) is 2. The van der Waals surface area contributed by atoms with E-state index >= 15 is 0 Å². The second-order valence-electron chi connectivity index (χ2n) is 5.31. The molecule has 5 nitrogen and oxygen atoms in total. The van der Waals surface area contributed by atoms with E-state index in [1.165, 1.54) is 6.07 Å². The number of rotatable bonds is 7. The van der Waals surface area contributed by atoms with E-state index in [0.717, 1.165) is 31.6 Å². The summed E-state index contributed by atoms with van der Waals surface area (Å²) in [5, 5.41) is 6.50. The summed E-state index contributed by atoms with van der Waals surface area (Å²) in [7, 11) is 1.71. The van der Waals surface area contributed by atoms with Crippen LogP contribution in [0.3, 0.4) is 0 Å². The van der Waals surface area contributed by atoms with Crippen LogP contribution < -0.4 is 10.6 Å². The summed E-state index contributed by atoms with van der Waals surface area (Å²) in [5.41, 5.74) is 0.893. The highest BCUT2D eigenvalue weighted by molar-refractivity contribution is 14.0. The molecule has 1 heterocycles. The summed E-state index contributed by atoms with van der Waals surface area (Å²) in [4.78, 5) is 4.14. The van der Waals surface area contributed by atoms with E-state index in [1.54, 1.807) is 19.2 Å². The van der Waals surface area contributed by atoms with Gasteiger partial charge in [-0.25, -0.2) is 4.39 Å². The third kappa shape index (κ3) is 7.50. The lowest BCUT2D eigenvalue weighted by Gasteiger charge is -2.13. The van der Waals surface area contributed by atoms with Gasteiger partial charge in [-0.3, -0.25) is 4.99 Å². The molecule has 8 heteroatoms. The molecule has 1 aliphatic rings. The number of nitrogens with zero attached hydrogens (tertiary/aromatic N) is 1. The fraction of sp³-hybridized carbons (Fsp3) is 0.562. The average Bonchev–Trinajstić information content (AvgIpc) is 3.06. The molecule has 1 fully saturated rings. The fourth-order valence-electron chi connectivity index (χ4n) is 2.23. The molecule has 0 spiro atoms. The molecule has 0 aliphatic carbocycles. The topological polar surface area (TPSA) is 54.9 Å². The summed E-state index contributed by atoms with van der Waals surface area (Å²) in [6, 6.07) is 4.66. The minimum atomic E-state index is -0.411. The quantitative estimate of drug-likeness (QED) is 0.278. The van der Waals surface area contributed by atoms with Crippen LogP contribution in [0.5, 0.6) is 0 Å². The van der Waals surface area contributed by atoms with Gasteiger partial charge in [0, 0.05) is 33.4 Å². The average molecular weight is 472 g/mol. The number of guanidine groups is 1. The first-order valence-electron chi connectivity index (χ1n) is 7.77. The molecule has 0 saturated carbocycles. The normalized spacial score (nSPS) is 17.5. The molecule has 136 valence electrons. The first kappa shape index (κ1) is 21.4. The Hall–Kier alpha value is -0.640. The summed E-state index contributed by atoms with van der Waals surface area (Å²) < 4.78 is 24.1. The number of hydrogen-bond acceptors (Lipinski definition) is 3. The van der Waals surface area contributed by atoms with Gasteiger partial charge in [-0.1, -0.05) is 17.7 Å². The highest BCUT2D eigenvalue weighted by atomic mass is 127. The van der Waals surface area contributed by atoms with Gasteiger partial charge < -0.3 is 20.1 Å². The number of benzene rings is 1. The zero-order chi connectivity index (χ0) is 16.5. The monoisotopic (exact) mass is 471 g/mol. The lowest BCUT2D eigenvalue weighted by atomic mass is 10.2. The van der Waals surface area contributed by atoms with E-state index in [2.05, 4.69) is 15.6 Å². The molecule has 1 atom stereocenters. The Morgan fingerprint density at radius 1 is 1.46 bits per heavy atom. The van der Waals surface area contributed by atoms with Crippen LogP contribution in [-0.2, 0) is 16.0 Å². The van der Waals surface area contributed by atoms with Crippen molar-refractivity contribution in [2.45, 2.75) is 25.5 Å². The zero-order valence-electron chi connectivity index (χ0n) is 13.7. The van der Waals surface area contributed by atoms with Gasteiger partial charge in [0.1, 0.15) is 5.82 Å². The Morgan fingerprint density at radius 2 is 2.29 bits per heavy atom. The standard InChI is InChI=1S/C16H23ClFN3O2.HI/c1-19-16(20-6-2-7-23-13-5-8-22-11-13)21-10-12-3-4-15(18)14(17)9-12;/h3-4,9,13H,2,5-8,10-11H2,1H3,(H2,19,20,21);1H. The van der Waals surface area contributed by atoms with Crippen LogP contribution in [0.25, 0.3) is 0 Å². The summed E-state index contributed by atoms with van der Waals surface area (Å²) >= 11 is 5.76. The van der Waals surface area contributed by atoms with E-state index in [9.17, 15) is 4.39 Å². The molecular formula is C16H24ClFIN3O2. The van der Waals surface area contributed by atoms with Crippen molar-refractivity contribution in [3.63, 3.8) is 0 Å². The summed E-state index contributed by atoms with van der Waals surface area (Å²) in [5.74, 6) is 0.278. The Bertz CT molecular complexity index is 528. The van der Waals surface area contributed by atoms with Crippen LogP contribution >= 0.6 is 35.6 Å². The van der Waals surface area contributed by atoms with Gasteiger partial charge in [0.15, 0.2) is 5.96 Å². The second kappa shape index (κ2) is 11.8. The Labute approximate surface area is 164 Å². The Kier molecular flexibility index (Phi) is 10.6. The maximum Gasteiger partial charge on any atom is 0.191 e. The number of hydrogen-bond donors (Lipinski definition) is 2. The van der Waals surface area contributed by atoms with Crippen molar-refractivity contribution in [2.24, 2.45) is 4.99 Å². The smallest absolute Gasteiger partial charge is 0.191 e. The van der Waals surface area contributed by atoms with E-state index in [1.807, 2.05) is 0 Å². The van der Waals surface area contributed by atoms with Gasteiger partial charge in [0.05, 0.1) is 17.7 Å². The molecule has 2 N–H and O–H groups in total. The van der Waals surface area contributed by atoms with Crippen molar-refractivity contribution in [3.05, 3.63) is 34.6 Å². The van der Waals surface area contributed by atoms with Gasteiger partial charge in [0.2, 0.25) is 0 Å². The van der Waals surface area contributed by atoms with E-state index in [-0.39, 0.29) is 35.1 Å². The highest BCUT2D eigenvalue weighted by Gasteiger charge is 2.15. The molecule has 1 aromatic rings. The van der Waals surface area contributed by atoms with Crippen molar-refractivity contribution in [1.29, 1.82) is 0 Å². The zero-order valence-corrected chi connectivity index (χ0v) is 16.8. The molecule has 1 unspecified atom stereocenters. The molecule has 0 aromatic heterocycles. The van der Waals surface area contributed by atoms with Gasteiger partial charge >= 0.3 is 0 Å². The van der Waals surface area contributed by atoms with Crippen molar-refractivity contribution in [3.8, 4) is 0 Å². The van der Waals surface area contributed by atoms with Crippen LogP contribution in [0, 0.1) is 5.82 Å². The number of ether oxygens (including phenoxy) is 2. The van der Waals surface area contributed by atoms with Gasteiger partial charge in [-0.15, -0.1) is 24.0 Å². The Balaban J connectivity index is 0.00000288. The third-order valence-electron chi connectivity index (χ3n) is 3.52. The maximum atomic E-state index is 13.1. The van der Waals surface area contributed by atoms with Crippen LogP contribution in [0.2, 0.25) is 5.02 Å². The molecule has 0 radical (unpaired) electrons. The van der Waals surface area contributed by atoms with Crippen molar-refractivity contribution >= 4 is 41.5 Å². The lowest BCUT2D eigenvalue weighted by molar-refractivity contribution is 0.0420. The van der Waals surface area contributed by atoms with Gasteiger partial charge in [-0.2, -0.15) is 0 Å². The maximum absolute atomic E-state index is 13.1. The summed E-state index contributed by atoms with van der Waals surface area (Å²) in [6.07, 6.45) is 2.12. The predicted molar refractivity (Wildman–Crippen MR) is 105 cm³/mol. The van der Waals surface area contributed by atoms with Crippen LogP contribution in [0.4, 0.5) is 4.39 Å². The third-order valence-corrected chi connectivity index (χ3v) is 3.81. The number of aliphatic imine (C=N–C) groups is 1. The molecule has 0 amide bonds. The summed E-state index contributed by atoms with van der Waals surface area (Å²) in [6.45, 7) is 3.49. The first-order chi connectivity index (χ1) is 11.2. The fourth-order valence-corrected chi connectivity index (χ4v) is 2.43. The SMILES string of the molecule is CN=C(NCCCOC1CCOC1)NCc1ccc(F)c(Cl)c1.I. The van der Waals surface area contributed by atoms with Gasteiger partial charge in [0.25, 0.3) is 0 Å². The van der Waals surface area contributed by atoms with Crippen LogP contribution in [0.1, 0.15) is 18.4 Å². The number of halogens is 3. The van der Waals surface area contributed by atoms with E-state index in [0.29, 0.717) is 25.7 Å². The lowest BCUT2D eigenvalue weighted by Crippen LogP contribution is -2.37. The van der Waals surface area contributed by atoms with Crippen LogP contribution in [-0.4, -0.2) is 45.5 Å². The molecular weight excluding hydrogens is 448 g/mol. The minimum absolute atomic E-state index is 0. The largest absolute Gasteiger partial charge is 0.379 e. The minimum Gasteiger partial charge on any atom is -0.379 e. The van der Waals surface area contributed by atoms with Crippen molar-refractivity contribution in [2.75, 3.05) is 33.4 Å². The molecule has 24 heavy (non-hydrogen) atoms. The van der Waals surface area contributed by atoms with Crippen LogP contribution in [0.15, 0.2) is 23.2 Å². The molecule has 1 aliphatic heterocycles. The molecule has 1 aromatic carbocycles. The second-order valence-corrected chi connectivity index (χ2v) is 5.72. The molecule has 2 rings (SSSR count). The Morgan fingerprint density at radius 3 is 2.96 bits per heavy atom.